The summed E-state index contributed by atoms with van der Waals surface area (Å²) in [6.45, 7) is 0. The number of fused-ring (bicyclic) bond motifs is 1. The molecule has 8 heteroatoms. The number of hydrogen-bond acceptors (Lipinski definition) is 3. The van der Waals surface area contributed by atoms with Gasteiger partial charge < -0.3 is 14.2 Å². The van der Waals surface area contributed by atoms with E-state index >= 15 is 0 Å². The van der Waals surface area contributed by atoms with Gasteiger partial charge in [-0.25, -0.2) is 0 Å². The van der Waals surface area contributed by atoms with Crippen LogP contribution in [0, 0.1) is 0 Å². The van der Waals surface area contributed by atoms with E-state index in [0.29, 0.717) is 6.07 Å². The normalized spacial score (nSPS) is 17.3. The van der Waals surface area contributed by atoms with Crippen molar-refractivity contribution in [3.8, 4) is 17.2 Å². The number of alkyl halides is 5. The standard InChI is InChI=1S/C8H3F5O3/c9-7(10,11)14-4-1-2-5-6(3-4)16-8(12,13)15-5/h1-3H. The van der Waals surface area contributed by atoms with E-state index in [0.717, 1.165) is 12.1 Å². The molecule has 1 aromatic rings. The molecule has 0 bridgehead atoms. The molecule has 0 unspecified atom stereocenters. The SMILES string of the molecule is FC(F)(F)Oc1ccc2c(c1)OC(F)(F)O2. The molecule has 0 saturated heterocycles. The van der Waals surface area contributed by atoms with E-state index in [1.165, 1.54) is 0 Å². The fraction of sp³-hybridized carbons (Fsp3) is 0.250. The van der Waals surface area contributed by atoms with Crippen LogP contribution in [-0.2, 0) is 0 Å². The fourth-order valence-corrected chi connectivity index (χ4v) is 1.13. The Kier molecular flexibility index (Phi) is 2.11. The van der Waals surface area contributed by atoms with Gasteiger partial charge in [-0.1, -0.05) is 0 Å². The molecule has 0 spiro atoms. The fourth-order valence-electron chi connectivity index (χ4n) is 1.13. The molecule has 3 nitrogen and oxygen atoms in total. The summed E-state index contributed by atoms with van der Waals surface area (Å²) >= 11 is 0. The summed E-state index contributed by atoms with van der Waals surface area (Å²) < 4.78 is 71.9. The monoisotopic (exact) mass is 242 g/mol. The largest absolute Gasteiger partial charge is 0.586 e. The van der Waals surface area contributed by atoms with Gasteiger partial charge in [0, 0.05) is 6.07 Å². The van der Waals surface area contributed by atoms with Crippen LogP contribution in [0.5, 0.6) is 17.2 Å². The summed E-state index contributed by atoms with van der Waals surface area (Å²) in [7, 11) is 0. The molecule has 88 valence electrons. The molecule has 0 amide bonds. The van der Waals surface area contributed by atoms with Crippen LogP contribution in [0.25, 0.3) is 0 Å². The Balaban J connectivity index is 2.23. The second kappa shape index (κ2) is 3.13. The average Bonchev–Trinajstić information content (AvgIpc) is 2.34. The van der Waals surface area contributed by atoms with Gasteiger partial charge in [-0.3, -0.25) is 0 Å². The molecular weight excluding hydrogens is 239 g/mol. The third-order valence-corrected chi connectivity index (χ3v) is 1.61. The van der Waals surface area contributed by atoms with Crippen LogP contribution in [0.1, 0.15) is 0 Å². The van der Waals surface area contributed by atoms with Crippen molar-refractivity contribution in [3.63, 3.8) is 0 Å². The zero-order chi connectivity index (χ0) is 12.0. The highest BCUT2D eigenvalue weighted by Crippen LogP contribution is 2.43. The Morgan fingerprint density at radius 2 is 1.69 bits per heavy atom. The highest BCUT2D eigenvalue weighted by atomic mass is 19.4. The Bertz CT molecular complexity index is 415. The maximum atomic E-state index is 12.5. The second-order valence-electron chi connectivity index (χ2n) is 2.82. The third-order valence-electron chi connectivity index (χ3n) is 1.61. The minimum absolute atomic E-state index is 0.348. The first-order chi connectivity index (χ1) is 7.25. The van der Waals surface area contributed by atoms with Crippen LogP contribution >= 0.6 is 0 Å². The lowest BCUT2D eigenvalue weighted by Gasteiger charge is -2.08. The quantitative estimate of drug-likeness (QED) is 0.708. The molecule has 1 heterocycles. The number of halogens is 5. The van der Waals surface area contributed by atoms with Crippen molar-refractivity contribution in [3.05, 3.63) is 18.2 Å². The second-order valence-corrected chi connectivity index (χ2v) is 2.82. The molecule has 0 N–H and O–H groups in total. The zero-order valence-electron chi connectivity index (χ0n) is 7.35. The lowest BCUT2D eigenvalue weighted by molar-refractivity contribution is -0.286. The minimum Gasteiger partial charge on any atom is -0.406 e. The Morgan fingerprint density at radius 3 is 2.31 bits per heavy atom. The average molecular weight is 242 g/mol. The first-order valence-corrected chi connectivity index (χ1v) is 3.91. The predicted molar refractivity (Wildman–Crippen MR) is 39.3 cm³/mol. The molecular formula is C8H3F5O3. The molecule has 0 aromatic heterocycles. The smallest absolute Gasteiger partial charge is 0.406 e. The van der Waals surface area contributed by atoms with Crippen LogP contribution in [0.4, 0.5) is 22.0 Å². The maximum absolute atomic E-state index is 12.5. The van der Waals surface area contributed by atoms with Gasteiger partial charge in [0.2, 0.25) is 0 Å². The van der Waals surface area contributed by atoms with E-state index in [4.69, 9.17) is 0 Å². The first-order valence-electron chi connectivity index (χ1n) is 3.91. The van der Waals surface area contributed by atoms with Crippen molar-refractivity contribution in [1.82, 2.24) is 0 Å². The summed E-state index contributed by atoms with van der Waals surface area (Å²) in [4.78, 5) is 0. The summed E-state index contributed by atoms with van der Waals surface area (Å²) in [6.07, 6.45) is -8.75. The molecule has 1 aliphatic rings. The van der Waals surface area contributed by atoms with Gasteiger partial charge in [0.05, 0.1) is 0 Å². The molecule has 16 heavy (non-hydrogen) atoms. The van der Waals surface area contributed by atoms with Crippen LogP contribution in [0.15, 0.2) is 18.2 Å². The summed E-state index contributed by atoms with van der Waals surface area (Å²) in [5.41, 5.74) is 0. The van der Waals surface area contributed by atoms with Crippen LogP contribution < -0.4 is 14.2 Å². The number of hydrogen-bond donors (Lipinski definition) is 0. The Labute approximate surface area is 85.3 Å². The maximum Gasteiger partial charge on any atom is 0.586 e. The van der Waals surface area contributed by atoms with Gasteiger partial charge in [0.25, 0.3) is 0 Å². The van der Waals surface area contributed by atoms with Gasteiger partial charge >= 0.3 is 12.7 Å². The van der Waals surface area contributed by atoms with E-state index in [1.807, 2.05) is 0 Å². The van der Waals surface area contributed by atoms with Crippen molar-refractivity contribution >= 4 is 0 Å². The van der Waals surface area contributed by atoms with Crippen LogP contribution in [0.2, 0.25) is 0 Å². The highest BCUT2D eigenvalue weighted by molar-refractivity contribution is 5.47. The van der Waals surface area contributed by atoms with E-state index in [9.17, 15) is 22.0 Å². The van der Waals surface area contributed by atoms with Gasteiger partial charge in [-0.2, -0.15) is 0 Å². The number of rotatable bonds is 1. The van der Waals surface area contributed by atoms with Crippen molar-refractivity contribution < 1.29 is 36.2 Å². The van der Waals surface area contributed by atoms with Crippen molar-refractivity contribution in [2.75, 3.05) is 0 Å². The molecule has 1 aromatic carbocycles. The van der Waals surface area contributed by atoms with Gasteiger partial charge in [0.15, 0.2) is 11.5 Å². The van der Waals surface area contributed by atoms with Crippen molar-refractivity contribution in [1.29, 1.82) is 0 Å². The highest BCUT2D eigenvalue weighted by Gasteiger charge is 2.44. The molecule has 0 atom stereocenters. The van der Waals surface area contributed by atoms with E-state index in [2.05, 4.69) is 14.2 Å². The van der Waals surface area contributed by atoms with E-state index in [-0.39, 0.29) is 5.75 Å². The topological polar surface area (TPSA) is 27.7 Å². The van der Waals surface area contributed by atoms with Gasteiger partial charge in [0.1, 0.15) is 5.75 Å². The van der Waals surface area contributed by atoms with Crippen molar-refractivity contribution in [2.24, 2.45) is 0 Å². The molecule has 0 aliphatic carbocycles. The third kappa shape index (κ3) is 2.26. The Hall–Kier alpha value is -1.73. The summed E-state index contributed by atoms with van der Waals surface area (Å²) in [5.74, 6) is -1.51. The Morgan fingerprint density at radius 1 is 1.06 bits per heavy atom. The summed E-state index contributed by atoms with van der Waals surface area (Å²) in [5, 5.41) is 0. The molecule has 2 rings (SSSR count). The lowest BCUT2D eigenvalue weighted by Crippen LogP contribution is -2.25. The first kappa shape index (κ1) is 10.8. The molecule has 0 radical (unpaired) electrons. The minimum atomic E-state index is -4.89. The van der Waals surface area contributed by atoms with Gasteiger partial charge in [-0.15, -0.1) is 22.0 Å². The van der Waals surface area contributed by atoms with Gasteiger partial charge in [-0.05, 0) is 12.1 Å². The van der Waals surface area contributed by atoms with Crippen LogP contribution in [0.3, 0.4) is 0 Å². The number of benzene rings is 1. The van der Waals surface area contributed by atoms with Crippen LogP contribution in [-0.4, -0.2) is 12.7 Å². The van der Waals surface area contributed by atoms with E-state index in [1.54, 1.807) is 0 Å². The molecule has 0 fully saturated rings. The predicted octanol–water partition coefficient (Wildman–Crippen LogP) is 2.91. The molecule has 0 saturated carbocycles. The zero-order valence-corrected chi connectivity index (χ0v) is 7.35. The lowest BCUT2D eigenvalue weighted by atomic mass is 10.3. The number of ether oxygens (including phenoxy) is 3. The summed E-state index contributed by atoms with van der Waals surface area (Å²) in [6, 6.07) is 2.41. The van der Waals surface area contributed by atoms with Crippen molar-refractivity contribution in [2.45, 2.75) is 12.7 Å². The van der Waals surface area contributed by atoms with E-state index < -0.39 is 24.2 Å². The molecule has 1 aliphatic heterocycles.